The van der Waals surface area contributed by atoms with Gasteiger partial charge in [0, 0.05) is 30.9 Å². The van der Waals surface area contributed by atoms with Gasteiger partial charge in [-0.2, -0.15) is 0 Å². The monoisotopic (exact) mass is 240 g/mol. The molecule has 0 radical (unpaired) electrons. The molecule has 2 rings (SSSR count). The van der Waals surface area contributed by atoms with E-state index in [2.05, 4.69) is 10.5 Å². The van der Waals surface area contributed by atoms with E-state index in [9.17, 15) is 5.11 Å². The summed E-state index contributed by atoms with van der Waals surface area (Å²) in [5, 5.41) is 16.9. The van der Waals surface area contributed by atoms with Gasteiger partial charge in [0.05, 0.1) is 12.3 Å². The van der Waals surface area contributed by atoms with Gasteiger partial charge in [0.25, 0.3) is 0 Å². The molecular formula is C12H20N2O3. The van der Waals surface area contributed by atoms with Crippen molar-refractivity contribution in [3.63, 3.8) is 0 Å². The fourth-order valence-electron chi connectivity index (χ4n) is 2.18. The van der Waals surface area contributed by atoms with Gasteiger partial charge in [0.15, 0.2) is 0 Å². The molecule has 0 spiro atoms. The first-order chi connectivity index (χ1) is 8.17. The Bertz CT molecular complexity index is 350. The maximum atomic E-state index is 9.55. The van der Waals surface area contributed by atoms with Gasteiger partial charge < -0.3 is 19.7 Å². The second-order valence-electron chi connectivity index (χ2n) is 4.71. The van der Waals surface area contributed by atoms with Crippen LogP contribution >= 0.6 is 0 Å². The molecular weight excluding hydrogens is 220 g/mol. The van der Waals surface area contributed by atoms with Gasteiger partial charge in [-0.1, -0.05) is 5.16 Å². The third kappa shape index (κ3) is 2.68. The molecule has 0 amide bonds. The van der Waals surface area contributed by atoms with Crippen molar-refractivity contribution in [2.24, 2.45) is 0 Å². The van der Waals surface area contributed by atoms with Crippen molar-refractivity contribution in [2.75, 3.05) is 19.8 Å². The third-order valence-electron chi connectivity index (χ3n) is 3.57. The van der Waals surface area contributed by atoms with E-state index in [-0.39, 0.29) is 12.1 Å². The van der Waals surface area contributed by atoms with Gasteiger partial charge in [0.2, 0.25) is 0 Å². The van der Waals surface area contributed by atoms with Gasteiger partial charge >= 0.3 is 0 Å². The third-order valence-corrected chi connectivity index (χ3v) is 3.57. The molecule has 0 atom stereocenters. The maximum Gasteiger partial charge on any atom is 0.138 e. The first-order valence-corrected chi connectivity index (χ1v) is 6.02. The average molecular weight is 240 g/mol. The van der Waals surface area contributed by atoms with E-state index in [1.54, 1.807) is 0 Å². The number of rotatable bonds is 4. The number of aliphatic hydroxyl groups is 1. The predicted octanol–water partition coefficient (Wildman–Crippen LogP) is 0.923. The Labute approximate surface area is 101 Å². The summed E-state index contributed by atoms with van der Waals surface area (Å²) in [7, 11) is 0. The van der Waals surface area contributed by atoms with Gasteiger partial charge in [-0.05, 0) is 26.7 Å². The molecule has 1 aliphatic heterocycles. The minimum absolute atomic E-state index is 0.139. The number of nitrogens with zero attached hydrogens (tertiary/aromatic N) is 1. The van der Waals surface area contributed by atoms with Crippen molar-refractivity contribution in [1.29, 1.82) is 0 Å². The van der Waals surface area contributed by atoms with Crippen molar-refractivity contribution in [3.05, 3.63) is 17.0 Å². The molecule has 17 heavy (non-hydrogen) atoms. The molecule has 1 fully saturated rings. The molecule has 0 aromatic carbocycles. The Balaban J connectivity index is 2.00. The van der Waals surface area contributed by atoms with Crippen LogP contribution in [0, 0.1) is 13.8 Å². The topological polar surface area (TPSA) is 67.5 Å². The van der Waals surface area contributed by atoms with Crippen LogP contribution in [0.5, 0.6) is 0 Å². The van der Waals surface area contributed by atoms with Crippen LogP contribution in [-0.2, 0) is 11.3 Å². The molecule has 1 saturated heterocycles. The van der Waals surface area contributed by atoms with Crippen LogP contribution in [0.25, 0.3) is 0 Å². The molecule has 96 valence electrons. The van der Waals surface area contributed by atoms with Crippen LogP contribution in [0.3, 0.4) is 0 Å². The van der Waals surface area contributed by atoms with Crippen LogP contribution in [0.1, 0.15) is 29.9 Å². The summed E-state index contributed by atoms with van der Waals surface area (Å²) in [4.78, 5) is 0. The number of hydrogen-bond donors (Lipinski definition) is 2. The SMILES string of the molecule is Cc1noc(C)c1CNC1(CO)CCOCC1. The smallest absolute Gasteiger partial charge is 0.138 e. The van der Waals surface area contributed by atoms with Gasteiger partial charge in [-0.25, -0.2) is 0 Å². The molecule has 1 aromatic heterocycles. The van der Waals surface area contributed by atoms with Crippen molar-refractivity contribution in [1.82, 2.24) is 10.5 Å². The van der Waals surface area contributed by atoms with E-state index in [0.717, 1.165) is 29.9 Å². The first kappa shape index (κ1) is 12.5. The highest BCUT2D eigenvalue weighted by molar-refractivity contribution is 5.20. The second kappa shape index (κ2) is 5.16. The number of aliphatic hydroxyl groups excluding tert-OH is 1. The largest absolute Gasteiger partial charge is 0.394 e. The Morgan fingerprint density at radius 1 is 1.35 bits per heavy atom. The molecule has 2 N–H and O–H groups in total. The van der Waals surface area contributed by atoms with Crippen LogP contribution in [0.15, 0.2) is 4.52 Å². The van der Waals surface area contributed by atoms with Gasteiger partial charge in [-0.15, -0.1) is 0 Å². The molecule has 2 heterocycles. The normalized spacial score (nSPS) is 19.5. The molecule has 0 aliphatic carbocycles. The van der Waals surface area contributed by atoms with E-state index in [1.807, 2.05) is 13.8 Å². The minimum Gasteiger partial charge on any atom is -0.394 e. The van der Waals surface area contributed by atoms with Crippen molar-refractivity contribution < 1.29 is 14.4 Å². The van der Waals surface area contributed by atoms with E-state index >= 15 is 0 Å². The summed E-state index contributed by atoms with van der Waals surface area (Å²) >= 11 is 0. The number of nitrogens with one attached hydrogen (secondary N) is 1. The summed E-state index contributed by atoms with van der Waals surface area (Å²) < 4.78 is 10.5. The summed E-state index contributed by atoms with van der Waals surface area (Å²) in [6.07, 6.45) is 1.68. The fraction of sp³-hybridized carbons (Fsp3) is 0.750. The van der Waals surface area contributed by atoms with E-state index in [4.69, 9.17) is 9.26 Å². The summed E-state index contributed by atoms with van der Waals surface area (Å²) in [6.45, 7) is 6.07. The van der Waals surface area contributed by atoms with Crippen LogP contribution in [-0.4, -0.2) is 35.6 Å². The van der Waals surface area contributed by atoms with Crippen LogP contribution in [0.4, 0.5) is 0 Å². The molecule has 0 saturated carbocycles. The molecule has 0 unspecified atom stereocenters. The first-order valence-electron chi connectivity index (χ1n) is 6.02. The molecule has 5 heteroatoms. The molecule has 1 aromatic rings. The zero-order valence-corrected chi connectivity index (χ0v) is 10.5. The summed E-state index contributed by atoms with van der Waals surface area (Å²) in [6, 6.07) is 0. The lowest BCUT2D eigenvalue weighted by atomic mass is 9.90. The summed E-state index contributed by atoms with van der Waals surface area (Å²) in [5.41, 5.74) is 1.79. The van der Waals surface area contributed by atoms with Gasteiger partial charge in [0.1, 0.15) is 5.76 Å². The van der Waals surface area contributed by atoms with Crippen molar-refractivity contribution in [2.45, 2.75) is 38.8 Å². The maximum absolute atomic E-state index is 9.55. The summed E-state index contributed by atoms with van der Waals surface area (Å²) in [5.74, 6) is 0.843. The number of aryl methyl sites for hydroxylation is 2. The van der Waals surface area contributed by atoms with E-state index in [1.165, 1.54) is 0 Å². The van der Waals surface area contributed by atoms with Crippen molar-refractivity contribution >= 4 is 0 Å². The Morgan fingerprint density at radius 2 is 2.06 bits per heavy atom. The molecule has 0 bridgehead atoms. The Morgan fingerprint density at radius 3 is 2.59 bits per heavy atom. The number of aromatic nitrogens is 1. The van der Waals surface area contributed by atoms with Gasteiger partial charge in [-0.3, -0.25) is 0 Å². The Kier molecular flexibility index (Phi) is 3.81. The molecule has 1 aliphatic rings. The average Bonchev–Trinajstić information content (AvgIpc) is 2.68. The standard InChI is InChI=1S/C12H20N2O3/c1-9-11(10(2)17-14-9)7-13-12(8-15)3-5-16-6-4-12/h13,15H,3-8H2,1-2H3. The second-order valence-corrected chi connectivity index (χ2v) is 4.71. The zero-order chi connectivity index (χ0) is 12.3. The lowest BCUT2D eigenvalue weighted by Gasteiger charge is -2.36. The zero-order valence-electron chi connectivity index (χ0n) is 10.5. The fourth-order valence-corrected chi connectivity index (χ4v) is 2.18. The Hall–Kier alpha value is -0.910. The van der Waals surface area contributed by atoms with Crippen molar-refractivity contribution in [3.8, 4) is 0 Å². The van der Waals surface area contributed by atoms with Crippen LogP contribution < -0.4 is 5.32 Å². The van der Waals surface area contributed by atoms with E-state index in [0.29, 0.717) is 19.8 Å². The minimum atomic E-state index is -0.214. The molecule has 5 nitrogen and oxygen atoms in total. The quantitative estimate of drug-likeness (QED) is 0.819. The van der Waals surface area contributed by atoms with Crippen LogP contribution in [0.2, 0.25) is 0 Å². The predicted molar refractivity (Wildman–Crippen MR) is 62.7 cm³/mol. The number of hydrogen-bond acceptors (Lipinski definition) is 5. The highest BCUT2D eigenvalue weighted by Gasteiger charge is 2.31. The number of ether oxygens (including phenoxy) is 1. The lowest BCUT2D eigenvalue weighted by molar-refractivity contribution is 0.0111. The highest BCUT2D eigenvalue weighted by atomic mass is 16.5. The van der Waals surface area contributed by atoms with E-state index < -0.39 is 0 Å². The highest BCUT2D eigenvalue weighted by Crippen LogP contribution is 2.22. The lowest BCUT2D eigenvalue weighted by Crippen LogP contribution is -2.51.